The molecular formula is C17H19BrN2O4. The summed E-state index contributed by atoms with van der Waals surface area (Å²) in [6.45, 7) is 5.91. The Kier molecular flexibility index (Phi) is 5.43. The molecule has 2 rings (SSSR count). The predicted octanol–water partition coefficient (Wildman–Crippen LogP) is 3.66. The summed E-state index contributed by atoms with van der Waals surface area (Å²) in [6, 6.07) is 7.22. The van der Waals surface area contributed by atoms with Crippen molar-refractivity contribution in [1.82, 2.24) is 9.88 Å². The SMILES string of the molecule is COC(=O)c1coc(CN(C(=O)c2ccccc2Br)C(C)(C)C)n1. The molecule has 2 aromatic rings. The molecule has 1 amide bonds. The molecule has 128 valence electrons. The van der Waals surface area contributed by atoms with Crippen LogP contribution in [0.3, 0.4) is 0 Å². The molecule has 1 aromatic carbocycles. The van der Waals surface area contributed by atoms with Crippen molar-refractivity contribution in [3.05, 3.63) is 52.1 Å². The highest BCUT2D eigenvalue weighted by atomic mass is 79.9. The molecule has 7 heteroatoms. The van der Waals surface area contributed by atoms with E-state index in [-0.39, 0.29) is 24.0 Å². The number of methoxy groups -OCH3 is 1. The number of oxazole rings is 1. The molecule has 1 heterocycles. The second-order valence-electron chi connectivity index (χ2n) is 6.16. The Balaban J connectivity index is 2.30. The molecule has 0 saturated carbocycles. The smallest absolute Gasteiger partial charge is 0.360 e. The quantitative estimate of drug-likeness (QED) is 0.739. The van der Waals surface area contributed by atoms with Crippen molar-refractivity contribution in [2.75, 3.05) is 7.11 Å². The topological polar surface area (TPSA) is 72.6 Å². The van der Waals surface area contributed by atoms with Crippen molar-refractivity contribution in [1.29, 1.82) is 0 Å². The molecule has 0 N–H and O–H groups in total. The van der Waals surface area contributed by atoms with Crippen molar-refractivity contribution >= 4 is 27.8 Å². The van der Waals surface area contributed by atoms with Gasteiger partial charge in [0.1, 0.15) is 6.26 Å². The van der Waals surface area contributed by atoms with Crippen LogP contribution in [0.4, 0.5) is 0 Å². The Morgan fingerprint density at radius 2 is 1.96 bits per heavy atom. The van der Waals surface area contributed by atoms with E-state index in [0.717, 1.165) is 0 Å². The largest absolute Gasteiger partial charge is 0.464 e. The first-order valence-electron chi connectivity index (χ1n) is 7.33. The molecule has 24 heavy (non-hydrogen) atoms. The third-order valence-corrected chi connectivity index (χ3v) is 4.09. The van der Waals surface area contributed by atoms with Gasteiger partial charge in [-0.25, -0.2) is 9.78 Å². The Labute approximate surface area is 148 Å². The minimum Gasteiger partial charge on any atom is -0.464 e. The molecule has 0 aliphatic heterocycles. The minimum absolute atomic E-state index is 0.0784. The summed E-state index contributed by atoms with van der Waals surface area (Å²) in [5.74, 6) is -0.469. The van der Waals surface area contributed by atoms with Crippen molar-refractivity contribution in [3.8, 4) is 0 Å². The molecule has 0 atom stereocenters. The molecular weight excluding hydrogens is 376 g/mol. The number of esters is 1. The molecule has 0 bridgehead atoms. The first-order chi connectivity index (χ1) is 11.2. The lowest BCUT2D eigenvalue weighted by atomic mass is 10.0. The van der Waals surface area contributed by atoms with E-state index in [1.807, 2.05) is 32.9 Å². The minimum atomic E-state index is -0.579. The number of hydrogen-bond acceptors (Lipinski definition) is 5. The maximum atomic E-state index is 12.9. The lowest BCUT2D eigenvalue weighted by Gasteiger charge is -2.35. The molecule has 0 fully saturated rings. The molecule has 0 saturated heterocycles. The van der Waals surface area contributed by atoms with E-state index < -0.39 is 11.5 Å². The van der Waals surface area contributed by atoms with Crippen molar-refractivity contribution in [2.24, 2.45) is 0 Å². The van der Waals surface area contributed by atoms with E-state index >= 15 is 0 Å². The zero-order valence-corrected chi connectivity index (χ0v) is 15.6. The van der Waals surface area contributed by atoms with Crippen LogP contribution >= 0.6 is 15.9 Å². The van der Waals surface area contributed by atoms with Crippen LogP contribution in [0.5, 0.6) is 0 Å². The summed E-state index contributed by atoms with van der Waals surface area (Å²) in [7, 11) is 1.27. The third kappa shape index (κ3) is 4.03. The maximum Gasteiger partial charge on any atom is 0.360 e. The molecule has 0 aliphatic rings. The summed E-state index contributed by atoms with van der Waals surface area (Å²) in [6.07, 6.45) is 1.23. The number of hydrogen-bond donors (Lipinski definition) is 0. The average molecular weight is 395 g/mol. The first-order valence-corrected chi connectivity index (χ1v) is 8.12. The van der Waals surface area contributed by atoms with Gasteiger partial charge in [-0.15, -0.1) is 0 Å². The van der Waals surface area contributed by atoms with E-state index in [0.29, 0.717) is 10.0 Å². The highest BCUT2D eigenvalue weighted by molar-refractivity contribution is 9.10. The Bertz CT molecular complexity index is 749. The van der Waals surface area contributed by atoms with Gasteiger partial charge in [0.05, 0.1) is 19.2 Å². The monoisotopic (exact) mass is 394 g/mol. The zero-order valence-electron chi connectivity index (χ0n) is 14.0. The van der Waals surface area contributed by atoms with Gasteiger partial charge < -0.3 is 14.1 Å². The summed E-state index contributed by atoms with van der Waals surface area (Å²) in [4.78, 5) is 30.2. The van der Waals surface area contributed by atoms with Gasteiger partial charge >= 0.3 is 5.97 Å². The number of aromatic nitrogens is 1. The number of rotatable bonds is 4. The summed E-state index contributed by atoms with van der Waals surface area (Å²) in [5, 5.41) is 0. The van der Waals surface area contributed by atoms with E-state index in [9.17, 15) is 9.59 Å². The van der Waals surface area contributed by atoms with Crippen molar-refractivity contribution in [3.63, 3.8) is 0 Å². The lowest BCUT2D eigenvalue weighted by Crippen LogP contribution is -2.45. The number of amides is 1. The standard InChI is InChI=1S/C17H19BrN2O4/c1-17(2,3)20(15(21)11-7-5-6-8-12(11)18)9-14-19-13(10-24-14)16(22)23-4/h5-8,10H,9H2,1-4H3. The number of carbonyl (C=O) groups excluding carboxylic acids is 2. The Morgan fingerprint density at radius 3 is 2.54 bits per heavy atom. The van der Waals surface area contributed by atoms with Crippen LogP contribution in [-0.2, 0) is 11.3 Å². The number of halogens is 1. The predicted molar refractivity (Wildman–Crippen MR) is 91.6 cm³/mol. The van der Waals surface area contributed by atoms with E-state index in [1.165, 1.54) is 13.4 Å². The second-order valence-corrected chi connectivity index (χ2v) is 7.01. The number of carbonyl (C=O) groups is 2. The summed E-state index contributed by atoms with van der Waals surface area (Å²) in [5.41, 5.74) is 0.161. The van der Waals surface area contributed by atoms with Crippen LogP contribution in [0.15, 0.2) is 39.4 Å². The third-order valence-electron chi connectivity index (χ3n) is 3.40. The zero-order chi connectivity index (χ0) is 17.9. The van der Waals surface area contributed by atoms with Crippen LogP contribution in [-0.4, -0.2) is 34.4 Å². The molecule has 6 nitrogen and oxygen atoms in total. The Morgan fingerprint density at radius 1 is 1.29 bits per heavy atom. The van der Waals surface area contributed by atoms with Gasteiger partial charge in [-0.1, -0.05) is 12.1 Å². The highest BCUT2D eigenvalue weighted by Crippen LogP contribution is 2.24. The number of nitrogens with zero attached hydrogens (tertiary/aromatic N) is 2. The Hall–Kier alpha value is -2.15. The van der Waals surface area contributed by atoms with Crippen molar-refractivity contribution < 1.29 is 18.7 Å². The fourth-order valence-electron chi connectivity index (χ4n) is 2.11. The van der Waals surface area contributed by atoms with Gasteiger partial charge in [0.2, 0.25) is 5.89 Å². The first kappa shape index (κ1) is 18.2. The normalized spacial score (nSPS) is 11.2. The van der Waals surface area contributed by atoms with E-state index in [2.05, 4.69) is 25.7 Å². The highest BCUT2D eigenvalue weighted by Gasteiger charge is 2.30. The lowest BCUT2D eigenvalue weighted by molar-refractivity contribution is 0.0531. The fourth-order valence-corrected chi connectivity index (χ4v) is 2.57. The second kappa shape index (κ2) is 7.17. The van der Waals surface area contributed by atoms with E-state index in [1.54, 1.807) is 17.0 Å². The van der Waals surface area contributed by atoms with Crippen molar-refractivity contribution in [2.45, 2.75) is 32.9 Å². The fraction of sp³-hybridized carbons (Fsp3) is 0.353. The van der Waals surface area contributed by atoms with Gasteiger partial charge in [0.25, 0.3) is 5.91 Å². The summed E-state index contributed by atoms with van der Waals surface area (Å²) >= 11 is 3.40. The molecule has 0 spiro atoms. The molecule has 0 aliphatic carbocycles. The van der Waals surface area contributed by atoms with Crippen LogP contribution in [0.25, 0.3) is 0 Å². The van der Waals surface area contributed by atoms with E-state index in [4.69, 9.17) is 4.42 Å². The van der Waals surface area contributed by atoms with Gasteiger partial charge in [-0.3, -0.25) is 4.79 Å². The number of benzene rings is 1. The molecule has 1 aromatic heterocycles. The van der Waals surface area contributed by atoms with Gasteiger partial charge in [0.15, 0.2) is 5.69 Å². The molecule has 0 radical (unpaired) electrons. The van der Waals surface area contributed by atoms with Gasteiger partial charge in [0, 0.05) is 10.0 Å². The van der Waals surface area contributed by atoms with Crippen LogP contribution in [0, 0.1) is 0 Å². The average Bonchev–Trinajstić information content (AvgIpc) is 2.99. The van der Waals surface area contributed by atoms with Gasteiger partial charge in [-0.05, 0) is 48.8 Å². The van der Waals surface area contributed by atoms with Crippen LogP contribution < -0.4 is 0 Å². The molecule has 0 unspecified atom stereocenters. The van der Waals surface area contributed by atoms with Crippen LogP contribution in [0.2, 0.25) is 0 Å². The van der Waals surface area contributed by atoms with Gasteiger partial charge in [-0.2, -0.15) is 0 Å². The maximum absolute atomic E-state index is 12.9. The summed E-state index contributed by atoms with van der Waals surface area (Å²) < 4.78 is 10.6. The van der Waals surface area contributed by atoms with Crippen LogP contribution in [0.1, 0.15) is 47.5 Å². The number of ether oxygens (including phenoxy) is 1.